The van der Waals surface area contributed by atoms with Crippen LogP contribution in [0.2, 0.25) is 0 Å². The van der Waals surface area contributed by atoms with E-state index in [0.29, 0.717) is 0 Å². The summed E-state index contributed by atoms with van der Waals surface area (Å²) in [5.74, 6) is 0. The summed E-state index contributed by atoms with van der Waals surface area (Å²) in [6, 6.07) is 2.11. The van der Waals surface area contributed by atoms with Crippen LogP contribution in [0.5, 0.6) is 0 Å². The van der Waals surface area contributed by atoms with E-state index in [0.717, 1.165) is 13.1 Å². The van der Waals surface area contributed by atoms with Crippen LogP contribution in [0.15, 0.2) is 18.5 Å². The van der Waals surface area contributed by atoms with Crippen molar-refractivity contribution in [2.75, 3.05) is 0 Å². The van der Waals surface area contributed by atoms with E-state index in [9.17, 15) is 5.11 Å². The van der Waals surface area contributed by atoms with Gasteiger partial charge in [-0.2, -0.15) is 0 Å². The maximum absolute atomic E-state index is 10.0. The van der Waals surface area contributed by atoms with E-state index in [1.165, 1.54) is 5.56 Å². The first-order chi connectivity index (χ1) is 7.26. The van der Waals surface area contributed by atoms with Gasteiger partial charge in [0, 0.05) is 31.0 Å². The first-order valence-electron chi connectivity index (χ1n) is 5.88. The van der Waals surface area contributed by atoms with Crippen LogP contribution in [0.3, 0.4) is 0 Å². The SMILES string of the molecule is CCn1ccc(CNC(C)(C)C(C)(C)O)c1. The minimum absolute atomic E-state index is 0.304. The van der Waals surface area contributed by atoms with Crippen molar-refractivity contribution in [3.63, 3.8) is 0 Å². The van der Waals surface area contributed by atoms with E-state index in [4.69, 9.17) is 0 Å². The fraction of sp³-hybridized carbons (Fsp3) is 0.692. The highest BCUT2D eigenvalue weighted by Crippen LogP contribution is 2.21. The molecule has 1 aromatic heterocycles. The molecule has 0 radical (unpaired) electrons. The molecule has 1 heterocycles. The fourth-order valence-electron chi connectivity index (χ4n) is 1.33. The Morgan fingerprint density at radius 2 is 1.94 bits per heavy atom. The number of rotatable bonds is 5. The molecule has 0 fully saturated rings. The van der Waals surface area contributed by atoms with Crippen LogP contribution < -0.4 is 5.32 Å². The quantitative estimate of drug-likeness (QED) is 0.804. The van der Waals surface area contributed by atoms with Gasteiger partial charge in [0.2, 0.25) is 0 Å². The van der Waals surface area contributed by atoms with Gasteiger partial charge in [-0.3, -0.25) is 0 Å². The molecule has 0 saturated carbocycles. The maximum atomic E-state index is 10.0. The van der Waals surface area contributed by atoms with Crippen molar-refractivity contribution >= 4 is 0 Å². The molecule has 2 N–H and O–H groups in total. The lowest BCUT2D eigenvalue weighted by atomic mass is 9.86. The van der Waals surface area contributed by atoms with Crippen LogP contribution in [0.1, 0.15) is 40.2 Å². The summed E-state index contributed by atoms with van der Waals surface area (Å²) < 4.78 is 2.15. The number of aryl methyl sites for hydroxylation is 1. The van der Waals surface area contributed by atoms with Gasteiger partial charge in [-0.05, 0) is 46.2 Å². The third-order valence-electron chi connectivity index (χ3n) is 3.44. The van der Waals surface area contributed by atoms with Crippen LogP contribution in [0.25, 0.3) is 0 Å². The number of nitrogens with zero attached hydrogens (tertiary/aromatic N) is 1. The van der Waals surface area contributed by atoms with Gasteiger partial charge in [0.15, 0.2) is 0 Å². The van der Waals surface area contributed by atoms with Crippen LogP contribution in [-0.4, -0.2) is 20.8 Å². The topological polar surface area (TPSA) is 37.2 Å². The first kappa shape index (κ1) is 13.3. The molecule has 0 amide bonds. The second kappa shape index (κ2) is 4.60. The van der Waals surface area contributed by atoms with Crippen molar-refractivity contribution in [3.05, 3.63) is 24.0 Å². The van der Waals surface area contributed by atoms with Crippen LogP contribution in [0, 0.1) is 0 Å². The highest BCUT2D eigenvalue weighted by molar-refractivity contribution is 5.11. The van der Waals surface area contributed by atoms with Gasteiger partial charge < -0.3 is 15.0 Å². The average molecular weight is 224 g/mol. The number of aromatic nitrogens is 1. The zero-order valence-corrected chi connectivity index (χ0v) is 11.0. The molecule has 0 aliphatic rings. The molecular weight excluding hydrogens is 200 g/mol. The molecule has 0 aliphatic heterocycles. The van der Waals surface area contributed by atoms with E-state index in [1.807, 2.05) is 27.7 Å². The van der Waals surface area contributed by atoms with Gasteiger partial charge in [-0.1, -0.05) is 0 Å². The Kier molecular flexibility index (Phi) is 3.81. The largest absolute Gasteiger partial charge is 0.389 e. The minimum atomic E-state index is -0.736. The van der Waals surface area contributed by atoms with Crippen molar-refractivity contribution in [3.8, 4) is 0 Å². The summed E-state index contributed by atoms with van der Waals surface area (Å²) in [7, 11) is 0. The van der Waals surface area contributed by atoms with Crippen molar-refractivity contribution < 1.29 is 5.11 Å². The van der Waals surface area contributed by atoms with Crippen molar-refractivity contribution in [1.82, 2.24) is 9.88 Å². The summed E-state index contributed by atoms with van der Waals surface area (Å²) in [6.45, 7) is 11.6. The molecule has 0 unspecified atom stereocenters. The van der Waals surface area contributed by atoms with Crippen molar-refractivity contribution in [2.45, 2.75) is 58.8 Å². The van der Waals surface area contributed by atoms with Crippen molar-refractivity contribution in [1.29, 1.82) is 0 Å². The summed E-state index contributed by atoms with van der Waals surface area (Å²) in [6.07, 6.45) is 4.21. The Morgan fingerprint density at radius 3 is 2.38 bits per heavy atom. The Balaban J connectivity index is 2.57. The van der Waals surface area contributed by atoms with Gasteiger partial charge in [-0.15, -0.1) is 0 Å². The maximum Gasteiger partial charge on any atom is 0.0767 e. The highest BCUT2D eigenvalue weighted by atomic mass is 16.3. The first-order valence-corrected chi connectivity index (χ1v) is 5.88. The molecule has 3 heteroatoms. The summed E-state index contributed by atoms with van der Waals surface area (Å²) in [5.41, 5.74) is 0.209. The molecule has 0 aliphatic carbocycles. The Bertz CT molecular complexity index is 334. The zero-order chi connectivity index (χ0) is 12.4. The summed E-state index contributed by atoms with van der Waals surface area (Å²) in [5, 5.41) is 13.4. The predicted octanol–water partition coefficient (Wildman–Crippen LogP) is 2.15. The van der Waals surface area contributed by atoms with E-state index < -0.39 is 5.60 Å². The Hall–Kier alpha value is -0.800. The summed E-state index contributed by atoms with van der Waals surface area (Å²) >= 11 is 0. The van der Waals surface area contributed by atoms with E-state index in [1.54, 1.807) is 0 Å². The van der Waals surface area contributed by atoms with Crippen LogP contribution in [0.4, 0.5) is 0 Å². The molecule has 3 nitrogen and oxygen atoms in total. The molecule has 16 heavy (non-hydrogen) atoms. The van der Waals surface area contributed by atoms with Gasteiger partial charge >= 0.3 is 0 Å². The lowest BCUT2D eigenvalue weighted by Crippen LogP contribution is -2.55. The van der Waals surface area contributed by atoms with Crippen molar-refractivity contribution in [2.24, 2.45) is 0 Å². The van der Waals surface area contributed by atoms with Gasteiger partial charge in [0.05, 0.1) is 5.60 Å². The zero-order valence-electron chi connectivity index (χ0n) is 11.0. The minimum Gasteiger partial charge on any atom is -0.389 e. The predicted molar refractivity (Wildman–Crippen MR) is 67.3 cm³/mol. The number of hydrogen-bond acceptors (Lipinski definition) is 2. The molecule has 0 atom stereocenters. The second-order valence-electron chi connectivity index (χ2n) is 5.39. The van der Waals surface area contributed by atoms with Gasteiger partial charge in [-0.25, -0.2) is 0 Å². The molecule has 92 valence electrons. The molecule has 0 spiro atoms. The van der Waals surface area contributed by atoms with Crippen LogP contribution >= 0.6 is 0 Å². The number of hydrogen-bond donors (Lipinski definition) is 2. The van der Waals surface area contributed by atoms with Gasteiger partial charge in [0.1, 0.15) is 0 Å². The Labute approximate surface area is 98.5 Å². The third-order valence-corrected chi connectivity index (χ3v) is 3.44. The molecule has 0 aromatic carbocycles. The smallest absolute Gasteiger partial charge is 0.0767 e. The standard InChI is InChI=1S/C13H24N2O/c1-6-15-8-7-11(10-15)9-14-12(2,3)13(4,5)16/h7-8,10,14,16H,6,9H2,1-5H3. The lowest BCUT2D eigenvalue weighted by Gasteiger charge is -2.38. The average Bonchev–Trinajstić information content (AvgIpc) is 2.60. The van der Waals surface area contributed by atoms with E-state index in [-0.39, 0.29) is 5.54 Å². The Morgan fingerprint density at radius 1 is 1.31 bits per heavy atom. The lowest BCUT2D eigenvalue weighted by molar-refractivity contribution is -0.00531. The monoisotopic (exact) mass is 224 g/mol. The van der Waals surface area contributed by atoms with E-state index >= 15 is 0 Å². The fourth-order valence-corrected chi connectivity index (χ4v) is 1.33. The number of aliphatic hydroxyl groups is 1. The van der Waals surface area contributed by atoms with E-state index in [2.05, 4.69) is 35.3 Å². The molecular formula is C13H24N2O. The summed E-state index contributed by atoms with van der Waals surface area (Å²) in [4.78, 5) is 0. The molecule has 0 bridgehead atoms. The highest BCUT2D eigenvalue weighted by Gasteiger charge is 2.34. The normalized spacial score (nSPS) is 13.1. The molecule has 1 rings (SSSR count). The molecule has 0 saturated heterocycles. The second-order valence-corrected chi connectivity index (χ2v) is 5.39. The number of nitrogens with one attached hydrogen (secondary N) is 1. The molecule has 1 aromatic rings. The van der Waals surface area contributed by atoms with Gasteiger partial charge in [0.25, 0.3) is 0 Å². The third kappa shape index (κ3) is 3.09. The van der Waals surface area contributed by atoms with Crippen LogP contribution in [-0.2, 0) is 13.1 Å².